The van der Waals surface area contributed by atoms with Gasteiger partial charge in [-0.3, -0.25) is 17.3 Å². The van der Waals surface area contributed by atoms with Gasteiger partial charge in [0.1, 0.15) is 0 Å². The number of hydrogen-bond donors (Lipinski definition) is 8. The van der Waals surface area contributed by atoms with Crippen molar-refractivity contribution in [3.8, 4) is 0 Å². The standard InChI is InChI=1S/4BFH2O2.Li.H/c4*2-1(3)4;;/h4*3-4H;;/q;;;;+1;-1. The molecule has 0 fully saturated rings. The third-order valence-corrected chi connectivity index (χ3v) is 0. The molecule has 0 atom stereocenters. The first-order valence-corrected chi connectivity index (χ1v) is 2.94. The van der Waals surface area contributed by atoms with Gasteiger partial charge in [-0.25, -0.2) is 0 Å². The first-order valence-electron chi connectivity index (χ1n) is 2.94. The molecule has 0 aromatic heterocycles. The van der Waals surface area contributed by atoms with Gasteiger partial charge in [0.25, 0.3) is 0 Å². The molecule has 0 saturated heterocycles. The molecule has 17 heteroatoms. The zero-order chi connectivity index (χ0) is 14.3. The zero-order valence-electron chi connectivity index (χ0n) is 9.40. The summed E-state index contributed by atoms with van der Waals surface area (Å²) in [7, 11) is -10.7. The average molecular weight is 263 g/mol. The fraction of sp³-hybridized carbons (Fsp3) is 0. The second-order valence-electron chi connectivity index (χ2n) is 1.24. The molecule has 0 bridgehead atoms. The molecule has 0 saturated carbocycles. The molecule has 8 nitrogen and oxygen atoms in total. The Balaban J connectivity index is -0.0000000257. The van der Waals surface area contributed by atoms with E-state index in [0.717, 1.165) is 0 Å². The summed E-state index contributed by atoms with van der Waals surface area (Å²) in [5.74, 6) is 0. The van der Waals surface area contributed by atoms with Crippen LogP contribution >= 0.6 is 0 Å². The van der Waals surface area contributed by atoms with Gasteiger partial charge in [0.15, 0.2) is 0 Å². The van der Waals surface area contributed by atoms with E-state index in [-0.39, 0.29) is 20.3 Å². The van der Waals surface area contributed by atoms with E-state index in [0.29, 0.717) is 0 Å². The summed E-state index contributed by atoms with van der Waals surface area (Å²) in [6, 6.07) is 0. The third-order valence-electron chi connectivity index (χ3n) is 0. The molecule has 0 aromatic carbocycles. The van der Waals surface area contributed by atoms with E-state index in [1.807, 2.05) is 0 Å². The maximum atomic E-state index is 10.1. The molecule has 0 aliphatic rings. The van der Waals surface area contributed by atoms with Crippen LogP contribution in [-0.2, 0) is 0 Å². The Morgan fingerprint density at radius 2 is 0.471 bits per heavy atom. The van der Waals surface area contributed by atoms with E-state index in [4.69, 9.17) is 40.2 Å². The molecule has 0 heterocycles. The monoisotopic (exact) mass is 264 g/mol. The van der Waals surface area contributed by atoms with Crippen LogP contribution in [0.5, 0.6) is 0 Å². The van der Waals surface area contributed by atoms with E-state index in [1.165, 1.54) is 0 Å². The Kier molecular flexibility index (Phi) is 45.0. The fourth-order valence-corrected chi connectivity index (χ4v) is 0. The van der Waals surface area contributed by atoms with Crippen LogP contribution in [0.1, 0.15) is 1.43 Å². The molecule has 0 aliphatic carbocycles. The summed E-state index contributed by atoms with van der Waals surface area (Å²) in [6.45, 7) is 0. The Bertz CT molecular complexity index is 78.1. The van der Waals surface area contributed by atoms with E-state index in [9.17, 15) is 17.3 Å². The second-order valence-corrected chi connectivity index (χ2v) is 1.24. The molecule has 8 N–H and O–H groups in total. The van der Waals surface area contributed by atoms with Gasteiger partial charge in [0.05, 0.1) is 0 Å². The number of halogens is 4. The molecular formula is H9B4F4LiO8. The zero-order valence-corrected chi connectivity index (χ0v) is 8.40. The molecule has 0 amide bonds. The molecular weight excluding hydrogens is 254 g/mol. The predicted molar refractivity (Wildman–Crippen MR) is 46.3 cm³/mol. The molecule has 0 spiro atoms. The summed E-state index contributed by atoms with van der Waals surface area (Å²) >= 11 is 0. The van der Waals surface area contributed by atoms with Gasteiger partial charge in [-0.05, 0) is 0 Å². The Morgan fingerprint density at radius 3 is 0.471 bits per heavy atom. The summed E-state index contributed by atoms with van der Waals surface area (Å²) in [5, 5.41) is 55.6. The normalized spacial score (nSPS) is 6.35. The smallest absolute Gasteiger partial charge is 1.00 e. The maximum absolute atomic E-state index is 10.1. The van der Waals surface area contributed by atoms with Crippen LogP contribution in [0.3, 0.4) is 0 Å². The molecule has 0 aromatic rings. The number of hydrogen-bond acceptors (Lipinski definition) is 8. The number of rotatable bonds is 0. The van der Waals surface area contributed by atoms with Gasteiger partial charge in [0.2, 0.25) is 0 Å². The minimum atomic E-state index is -2.67. The minimum absolute atomic E-state index is 0. The second kappa shape index (κ2) is 25.2. The summed E-state index contributed by atoms with van der Waals surface area (Å²) in [6.07, 6.45) is 0. The molecule has 17 heavy (non-hydrogen) atoms. The van der Waals surface area contributed by atoms with Gasteiger partial charge in [-0.2, -0.15) is 0 Å². The van der Waals surface area contributed by atoms with Crippen LogP contribution in [0.15, 0.2) is 0 Å². The van der Waals surface area contributed by atoms with Crippen molar-refractivity contribution in [3.05, 3.63) is 0 Å². The van der Waals surface area contributed by atoms with E-state index >= 15 is 0 Å². The van der Waals surface area contributed by atoms with Crippen LogP contribution in [0.25, 0.3) is 0 Å². The molecule has 0 rings (SSSR count). The van der Waals surface area contributed by atoms with Crippen molar-refractivity contribution in [2.45, 2.75) is 0 Å². The maximum Gasteiger partial charge on any atom is 1.00 e. The van der Waals surface area contributed by atoms with Crippen molar-refractivity contribution in [1.82, 2.24) is 0 Å². The third kappa shape index (κ3) is 50000. The van der Waals surface area contributed by atoms with Crippen LogP contribution in [0, 0.1) is 0 Å². The summed E-state index contributed by atoms with van der Waals surface area (Å²) in [5.41, 5.74) is 0. The largest absolute Gasteiger partial charge is 1.00 e. The predicted octanol–water partition coefficient (Wildman–Crippen LogP) is -7.18. The van der Waals surface area contributed by atoms with Crippen LogP contribution in [0.2, 0.25) is 0 Å². The van der Waals surface area contributed by atoms with Gasteiger partial charge in [0, 0.05) is 0 Å². The van der Waals surface area contributed by atoms with Crippen LogP contribution in [0.4, 0.5) is 17.3 Å². The molecule has 0 radical (unpaired) electrons. The average Bonchev–Trinajstić information content (AvgIpc) is 1.76. The van der Waals surface area contributed by atoms with Gasteiger partial charge >= 0.3 is 48.4 Å². The van der Waals surface area contributed by atoms with Crippen molar-refractivity contribution in [1.29, 1.82) is 0 Å². The van der Waals surface area contributed by atoms with Crippen molar-refractivity contribution in [2.75, 3.05) is 0 Å². The van der Waals surface area contributed by atoms with Gasteiger partial charge in [-0.1, -0.05) is 0 Å². The molecule has 0 aliphatic heterocycles. The van der Waals surface area contributed by atoms with Crippen molar-refractivity contribution < 1.29 is 77.7 Å². The van der Waals surface area contributed by atoms with Crippen LogP contribution in [-0.4, -0.2) is 69.8 Å². The first kappa shape index (κ1) is 30.4. The SMILES string of the molecule is OB(O)F.OB(O)F.OB(O)F.OB(O)F.[H-].[Li+]. The first-order chi connectivity index (χ1) is 6.93. The van der Waals surface area contributed by atoms with Crippen molar-refractivity contribution >= 4 is 29.6 Å². The Labute approximate surface area is 108 Å². The van der Waals surface area contributed by atoms with Crippen molar-refractivity contribution in [3.63, 3.8) is 0 Å². The Hall–Kier alpha value is 0.257. The van der Waals surface area contributed by atoms with E-state index in [1.54, 1.807) is 0 Å². The van der Waals surface area contributed by atoms with E-state index < -0.39 is 29.6 Å². The Morgan fingerprint density at radius 1 is 0.471 bits per heavy atom. The fourth-order valence-electron chi connectivity index (χ4n) is 0. The molecule has 98 valence electrons. The van der Waals surface area contributed by atoms with Gasteiger partial charge in [-0.15, -0.1) is 0 Å². The molecule has 0 unspecified atom stereocenters. The quantitative estimate of drug-likeness (QED) is 0.158. The van der Waals surface area contributed by atoms with E-state index in [2.05, 4.69) is 0 Å². The summed E-state index contributed by atoms with van der Waals surface area (Å²) in [4.78, 5) is 0. The summed E-state index contributed by atoms with van der Waals surface area (Å²) < 4.78 is 40.4. The minimum Gasteiger partial charge on any atom is -1.00 e. The van der Waals surface area contributed by atoms with Gasteiger partial charge < -0.3 is 41.6 Å². The topological polar surface area (TPSA) is 162 Å². The van der Waals surface area contributed by atoms with Crippen molar-refractivity contribution in [2.24, 2.45) is 0 Å². The van der Waals surface area contributed by atoms with Crippen LogP contribution < -0.4 is 18.9 Å².